The molecule has 0 aliphatic heterocycles. The van der Waals surface area contributed by atoms with E-state index in [0.717, 1.165) is 28.2 Å². The number of nitrogens with one attached hydrogen (secondary N) is 2. The first kappa shape index (κ1) is 16.8. The number of carbonyl (C=O) groups is 1. The first-order valence-electron chi connectivity index (χ1n) is 8.13. The second-order valence-electron chi connectivity index (χ2n) is 6.03. The minimum atomic E-state index is -0.221. The summed E-state index contributed by atoms with van der Waals surface area (Å²) in [6.07, 6.45) is 6.15. The van der Waals surface area contributed by atoms with Gasteiger partial charge in [0, 0.05) is 50.7 Å². The predicted molar refractivity (Wildman–Crippen MR) is 97.3 cm³/mol. The van der Waals surface area contributed by atoms with Gasteiger partial charge >= 0.3 is 6.03 Å². The molecule has 2 heterocycles. The molecule has 7 heteroatoms. The number of aryl methyl sites for hydroxylation is 3. The van der Waals surface area contributed by atoms with E-state index >= 15 is 0 Å². The Morgan fingerprint density at radius 3 is 2.76 bits per heavy atom. The van der Waals surface area contributed by atoms with Gasteiger partial charge in [-0.3, -0.25) is 4.68 Å². The van der Waals surface area contributed by atoms with Gasteiger partial charge < -0.3 is 15.2 Å². The zero-order valence-corrected chi connectivity index (χ0v) is 14.7. The van der Waals surface area contributed by atoms with E-state index in [0.29, 0.717) is 13.0 Å². The molecule has 0 saturated heterocycles. The summed E-state index contributed by atoms with van der Waals surface area (Å²) >= 11 is 0. The molecule has 130 valence electrons. The van der Waals surface area contributed by atoms with Gasteiger partial charge in [-0.1, -0.05) is 12.1 Å². The number of nitrogens with zero attached hydrogens (tertiary/aromatic N) is 4. The van der Waals surface area contributed by atoms with Crippen LogP contribution in [-0.4, -0.2) is 31.9 Å². The Bertz CT molecular complexity index is 879. The van der Waals surface area contributed by atoms with Gasteiger partial charge in [-0.2, -0.15) is 5.10 Å². The highest BCUT2D eigenvalue weighted by Crippen LogP contribution is 2.24. The molecule has 0 radical (unpaired) electrons. The molecule has 7 nitrogen and oxygen atoms in total. The van der Waals surface area contributed by atoms with Gasteiger partial charge in [-0.25, -0.2) is 9.78 Å². The standard InChI is InChI=1S/C18H22N6O/c1-13-4-5-14(17-7-9-21-24(17)3)10-16(13)22-18(25)19-8-6-15-11-23(2)12-20-15/h4-5,7,9-12H,6,8H2,1-3H3,(H2,19,22,25). The number of carbonyl (C=O) groups excluding carboxylic acids is 1. The van der Waals surface area contributed by atoms with Crippen molar-refractivity contribution in [1.82, 2.24) is 24.6 Å². The van der Waals surface area contributed by atoms with E-state index in [-0.39, 0.29) is 6.03 Å². The highest BCUT2D eigenvalue weighted by molar-refractivity contribution is 5.91. The lowest BCUT2D eigenvalue weighted by Crippen LogP contribution is -2.30. The molecular formula is C18H22N6O. The Labute approximate surface area is 146 Å². The van der Waals surface area contributed by atoms with Crippen molar-refractivity contribution in [3.63, 3.8) is 0 Å². The number of benzene rings is 1. The van der Waals surface area contributed by atoms with Crippen LogP contribution in [0.15, 0.2) is 43.0 Å². The largest absolute Gasteiger partial charge is 0.340 e. The lowest BCUT2D eigenvalue weighted by molar-refractivity contribution is 0.252. The maximum atomic E-state index is 12.2. The van der Waals surface area contributed by atoms with Gasteiger partial charge in [-0.05, 0) is 24.6 Å². The van der Waals surface area contributed by atoms with Crippen molar-refractivity contribution in [2.24, 2.45) is 14.1 Å². The van der Waals surface area contributed by atoms with Gasteiger partial charge in [0.05, 0.1) is 17.7 Å². The molecule has 0 fully saturated rings. The van der Waals surface area contributed by atoms with E-state index in [1.165, 1.54) is 0 Å². The smallest absolute Gasteiger partial charge is 0.319 e. The van der Waals surface area contributed by atoms with Gasteiger partial charge in [0.1, 0.15) is 0 Å². The third kappa shape index (κ3) is 4.06. The number of hydrogen-bond donors (Lipinski definition) is 2. The number of urea groups is 1. The Kier molecular flexibility index (Phi) is 4.83. The summed E-state index contributed by atoms with van der Waals surface area (Å²) in [5.74, 6) is 0. The number of aromatic nitrogens is 4. The summed E-state index contributed by atoms with van der Waals surface area (Å²) in [5.41, 5.74) is 4.75. The van der Waals surface area contributed by atoms with Crippen LogP contribution in [-0.2, 0) is 20.5 Å². The molecule has 3 aromatic rings. The monoisotopic (exact) mass is 338 g/mol. The summed E-state index contributed by atoms with van der Waals surface area (Å²) < 4.78 is 3.70. The van der Waals surface area contributed by atoms with E-state index in [2.05, 4.69) is 20.7 Å². The molecule has 0 aliphatic carbocycles. The molecule has 2 aromatic heterocycles. The van der Waals surface area contributed by atoms with E-state index in [1.54, 1.807) is 17.2 Å². The van der Waals surface area contributed by atoms with Crippen LogP contribution in [0.5, 0.6) is 0 Å². The van der Waals surface area contributed by atoms with Crippen LogP contribution in [0.25, 0.3) is 11.3 Å². The van der Waals surface area contributed by atoms with Gasteiger partial charge in [0.25, 0.3) is 0 Å². The third-order valence-electron chi connectivity index (χ3n) is 4.03. The topological polar surface area (TPSA) is 76.8 Å². The number of hydrogen-bond acceptors (Lipinski definition) is 3. The van der Waals surface area contributed by atoms with Crippen molar-refractivity contribution in [2.75, 3.05) is 11.9 Å². The fourth-order valence-electron chi connectivity index (χ4n) is 2.64. The number of anilines is 1. The lowest BCUT2D eigenvalue weighted by atomic mass is 10.1. The molecule has 2 N–H and O–H groups in total. The van der Waals surface area contributed by atoms with Gasteiger partial charge in [-0.15, -0.1) is 0 Å². The van der Waals surface area contributed by atoms with Crippen molar-refractivity contribution < 1.29 is 4.79 Å². The van der Waals surface area contributed by atoms with Crippen molar-refractivity contribution in [2.45, 2.75) is 13.3 Å². The summed E-state index contributed by atoms with van der Waals surface area (Å²) in [7, 11) is 3.82. The van der Waals surface area contributed by atoms with Crippen molar-refractivity contribution in [3.8, 4) is 11.3 Å². The summed E-state index contributed by atoms with van der Waals surface area (Å²) in [6.45, 7) is 2.50. The van der Waals surface area contributed by atoms with E-state index < -0.39 is 0 Å². The van der Waals surface area contributed by atoms with E-state index in [9.17, 15) is 4.79 Å². The summed E-state index contributed by atoms with van der Waals surface area (Å²) in [5, 5.41) is 9.97. The molecule has 0 unspecified atom stereocenters. The van der Waals surface area contributed by atoms with Crippen LogP contribution in [0.4, 0.5) is 10.5 Å². The van der Waals surface area contributed by atoms with Crippen molar-refractivity contribution in [1.29, 1.82) is 0 Å². The highest BCUT2D eigenvalue weighted by Gasteiger charge is 2.08. The summed E-state index contributed by atoms with van der Waals surface area (Å²) in [6, 6.07) is 7.70. The molecule has 0 atom stereocenters. The number of rotatable bonds is 5. The Balaban J connectivity index is 1.61. The molecule has 1 aromatic carbocycles. The van der Waals surface area contributed by atoms with Gasteiger partial charge in [0.2, 0.25) is 0 Å². The lowest BCUT2D eigenvalue weighted by Gasteiger charge is -2.12. The predicted octanol–water partition coefficient (Wildman–Crippen LogP) is 2.49. The molecule has 25 heavy (non-hydrogen) atoms. The quantitative estimate of drug-likeness (QED) is 0.750. The average Bonchev–Trinajstić information content (AvgIpc) is 3.18. The van der Waals surface area contributed by atoms with Crippen LogP contribution >= 0.6 is 0 Å². The average molecular weight is 338 g/mol. The van der Waals surface area contributed by atoms with Crippen molar-refractivity contribution >= 4 is 11.7 Å². The molecule has 2 amide bonds. The van der Waals surface area contributed by atoms with Gasteiger partial charge in [0.15, 0.2) is 0 Å². The minimum Gasteiger partial charge on any atom is -0.340 e. The van der Waals surface area contributed by atoms with Crippen LogP contribution < -0.4 is 10.6 Å². The van der Waals surface area contributed by atoms with Crippen molar-refractivity contribution in [3.05, 3.63) is 54.2 Å². The normalized spacial score (nSPS) is 10.7. The SMILES string of the molecule is Cc1ccc(-c2ccnn2C)cc1NC(=O)NCCc1cn(C)cn1. The first-order chi connectivity index (χ1) is 12.0. The summed E-state index contributed by atoms with van der Waals surface area (Å²) in [4.78, 5) is 16.4. The molecule has 0 aliphatic rings. The van der Waals surface area contributed by atoms with Crippen LogP contribution in [0, 0.1) is 6.92 Å². The van der Waals surface area contributed by atoms with Crippen LogP contribution in [0.3, 0.4) is 0 Å². The Morgan fingerprint density at radius 1 is 1.24 bits per heavy atom. The highest BCUT2D eigenvalue weighted by atomic mass is 16.2. The molecule has 0 spiro atoms. The van der Waals surface area contributed by atoms with Crippen LogP contribution in [0.1, 0.15) is 11.3 Å². The first-order valence-corrected chi connectivity index (χ1v) is 8.13. The number of imidazole rings is 1. The minimum absolute atomic E-state index is 0.221. The molecule has 0 bridgehead atoms. The fourth-order valence-corrected chi connectivity index (χ4v) is 2.64. The zero-order valence-electron chi connectivity index (χ0n) is 14.7. The number of amides is 2. The van der Waals surface area contributed by atoms with E-state index in [1.807, 2.05) is 56.0 Å². The second kappa shape index (κ2) is 7.21. The zero-order chi connectivity index (χ0) is 17.8. The third-order valence-corrected chi connectivity index (χ3v) is 4.03. The maximum Gasteiger partial charge on any atom is 0.319 e. The van der Waals surface area contributed by atoms with E-state index in [4.69, 9.17) is 0 Å². The molecule has 0 saturated carbocycles. The Morgan fingerprint density at radius 2 is 2.08 bits per heavy atom. The maximum absolute atomic E-state index is 12.2. The Hall–Kier alpha value is -3.09. The second-order valence-corrected chi connectivity index (χ2v) is 6.03. The fraction of sp³-hybridized carbons (Fsp3) is 0.278. The van der Waals surface area contributed by atoms with Crippen LogP contribution in [0.2, 0.25) is 0 Å². The molecule has 3 rings (SSSR count). The molecular weight excluding hydrogens is 316 g/mol.